The van der Waals surface area contributed by atoms with Gasteiger partial charge in [0.15, 0.2) is 0 Å². The fourth-order valence-corrected chi connectivity index (χ4v) is 4.48. The van der Waals surface area contributed by atoms with Gasteiger partial charge in [-0.2, -0.15) is 0 Å². The summed E-state index contributed by atoms with van der Waals surface area (Å²) in [5, 5.41) is 3.38. The second kappa shape index (κ2) is 5.19. The van der Waals surface area contributed by atoms with Crippen molar-refractivity contribution in [3.05, 3.63) is 30.1 Å². The number of pyridine rings is 1. The van der Waals surface area contributed by atoms with E-state index in [1.807, 2.05) is 18.2 Å². The molecule has 0 amide bonds. The van der Waals surface area contributed by atoms with Crippen LogP contribution in [0.3, 0.4) is 0 Å². The molecule has 104 valence electrons. The summed E-state index contributed by atoms with van der Waals surface area (Å²) in [6.45, 7) is 2.34. The maximum atomic E-state index is 12.3. The average molecular weight is 281 g/mol. The summed E-state index contributed by atoms with van der Waals surface area (Å²) in [6.07, 6.45) is 3.28. The Morgan fingerprint density at radius 2 is 2.26 bits per heavy atom. The minimum atomic E-state index is -3.15. The molecular formula is C13H19N3O2S. The van der Waals surface area contributed by atoms with Crippen LogP contribution < -0.4 is 5.32 Å². The highest BCUT2D eigenvalue weighted by Gasteiger charge is 2.40. The van der Waals surface area contributed by atoms with Crippen LogP contribution in [0.25, 0.3) is 0 Å². The molecule has 0 bridgehead atoms. The van der Waals surface area contributed by atoms with E-state index >= 15 is 0 Å². The molecule has 5 nitrogen and oxygen atoms in total. The molecule has 0 radical (unpaired) electrons. The van der Waals surface area contributed by atoms with Gasteiger partial charge in [-0.3, -0.25) is 4.98 Å². The van der Waals surface area contributed by atoms with E-state index in [1.54, 1.807) is 10.5 Å². The summed E-state index contributed by atoms with van der Waals surface area (Å²) in [7, 11) is -3.15. The first kappa shape index (κ1) is 13.0. The fourth-order valence-electron chi connectivity index (χ4n) is 2.95. The second-order valence-corrected chi connectivity index (χ2v) is 7.40. The molecule has 0 spiro atoms. The number of fused-ring (bicyclic) bond motifs is 1. The number of aryl methyl sites for hydroxylation is 1. The van der Waals surface area contributed by atoms with Gasteiger partial charge in [0.25, 0.3) is 0 Å². The second-order valence-electron chi connectivity index (χ2n) is 5.31. The molecule has 2 saturated heterocycles. The molecule has 2 atom stereocenters. The zero-order valence-corrected chi connectivity index (χ0v) is 11.6. The molecule has 1 aromatic heterocycles. The summed E-state index contributed by atoms with van der Waals surface area (Å²) < 4.78 is 26.3. The van der Waals surface area contributed by atoms with Crippen molar-refractivity contribution in [2.24, 2.45) is 5.92 Å². The predicted molar refractivity (Wildman–Crippen MR) is 73.2 cm³/mol. The van der Waals surface area contributed by atoms with Gasteiger partial charge < -0.3 is 5.32 Å². The number of sulfonamides is 1. The number of hydrogen-bond donors (Lipinski definition) is 1. The summed E-state index contributed by atoms with van der Waals surface area (Å²) >= 11 is 0. The molecule has 1 N–H and O–H groups in total. The van der Waals surface area contributed by atoms with Crippen molar-refractivity contribution in [1.29, 1.82) is 0 Å². The van der Waals surface area contributed by atoms with Crippen molar-refractivity contribution in [2.75, 3.05) is 25.4 Å². The Hall–Kier alpha value is -0.980. The topological polar surface area (TPSA) is 62.3 Å². The first-order valence-electron chi connectivity index (χ1n) is 6.76. The van der Waals surface area contributed by atoms with E-state index in [0.29, 0.717) is 31.5 Å². The van der Waals surface area contributed by atoms with E-state index in [0.717, 1.165) is 18.7 Å². The Balaban J connectivity index is 1.61. The first-order chi connectivity index (χ1) is 9.15. The highest BCUT2D eigenvalue weighted by Crippen LogP contribution is 2.26. The van der Waals surface area contributed by atoms with Gasteiger partial charge in [0.05, 0.1) is 5.75 Å². The Labute approximate surface area is 114 Å². The van der Waals surface area contributed by atoms with Crippen molar-refractivity contribution in [3.8, 4) is 0 Å². The summed E-state index contributed by atoms with van der Waals surface area (Å²) in [5.41, 5.74) is 0.837. The summed E-state index contributed by atoms with van der Waals surface area (Å²) in [6, 6.07) is 5.96. The first-order valence-corrected chi connectivity index (χ1v) is 8.37. The molecule has 0 saturated carbocycles. The van der Waals surface area contributed by atoms with Gasteiger partial charge in [0, 0.05) is 37.4 Å². The number of hydrogen-bond acceptors (Lipinski definition) is 4. The molecule has 2 aliphatic rings. The van der Waals surface area contributed by atoms with Crippen LogP contribution in [-0.4, -0.2) is 49.1 Å². The van der Waals surface area contributed by atoms with Crippen molar-refractivity contribution < 1.29 is 8.42 Å². The van der Waals surface area contributed by atoms with Crippen molar-refractivity contribution in [1.82, 2.24) is 14.6 Å². The Morgan fingerprint density at radius 3 is 3.00 bits per heavy atom. The van der Waals surface area contributed by atoms with Gasteiger partial charge in [0.1, 0.15) is 0 Å². The third kappa shape index (κ3) is 2.80. The van der Waals surface area contributed by atoms with Crippen LogP contribution in [0.5, 0.6) is 0 Å². The lowest BCUT2D eigenvalue weighted by Gasteiger charge is -2.17. The Morgan fingerprint density at radius 1 is 1.37 bits per heavy atom. The van der Waals surface area contributed by atoms with Crippen LogP contribution in [0.4, 0.5) is 0 Å². The number of nitrogens with one attached hydrogen (secondary N) is 1. The van der Waals surface area contributed by atoms with Crippen LogP contribution in [0.2, 0.25) is 0 Å². The van der Waals surface area contributed by atoms with Gasteiger partial charge in [0.2, 0.25) is 10.0 Å². The van der Waals surface area contributed by atoms with Crippen LogP contribution >= 0.6 is 0 Å². The number of nitrogens with zero attached hydrogens (tertiary/aromatic N) is 2. The lowest BCUT2D eigenvalue weighted by molar-refractivity contribution is 0.448. The van der Waals surface area contributed by atoms with Gasteiger partial charge in [-0.25, -0.2) is 12.7 Å². The standard InChI is InChI=1S/C13H19N3O2S/c17-19(18,8-5-12-3-1-2-6-14-12)16-9-11-4-7-15-13(11)10-16/h1-3,6,11,13,15H,4-5,7-10H2/t11-,13+/m0/s1. The molecule has 19 heavy (non-hydrogen) atoms. The van der Waals surface area contributed by atoms with E-state index in [1.165, 1.54) is 0 Å². The maximum absolute atomic E-state index is 12.3. The third-order valence-electron chi connectivity index (χ3n) is 4.06. The maximum Gasteiger partial charge on any atom is 0.214 e. The predicted octanol–water partition coefficient (Wildman–Crippen LogP) is 0.248. The van der Waals surface area contributed by atoms with Crippen molar-refractivity contribution >= 4 is 10.0 Å². The molecular weight excluding hydrogens is 262 g/mol. The minimum Gasteiger partial charge on any atom is -0.312 e. The van der Waals surface area contributed by atoms with Crippen molar-refractivity contribution in [2.45, 2.75) is 18.9 Å². The largest absolute Gasteiger partial charge is 0.312 e. The van der Waals surface area contributed by atoms with Gasteiger partial charge in [-0.05, 0) is 31.0 Å². The highest BCUT2D eigenvalue weighted by atomic mass is 32.2. The molecule has 0 aromatic carbocycles. The quantitative estimate of drug-likeness (QED) is 0.859. The summed E-state index contributed by atoms with van der Waals surface area (Å²) in [5.74, 6) is 0.660. The van der Waals surface area contributed by atoms with Gasteiger partial charge in [-0.1, -0.05) is 6.07 Å². The smallest absolute Gasteiger partial charge is 0.214 e. The zero-order valence-electron chi connectivity index (χ0n) is 10.8. The third-order valence-corrected chi connectivity index (χ3v) is 5.87. The monoisotopic (exact) mass is 281 g/mol. The van der Waals surface area contributed by atoms with E-state index in [4.69, 9.17) is 0 Å². The lowest BCUT2D eigenvalue weighted by atomic mass is 10.1. The van der Waals surface area contributed by atoms with Crippen LogP contribution in [0.1, 0.15) is 12.1 Å². The van der Waals surface area contributed by atoms with E-state index < -0.39 is 10.0 Å². The van der Waals surface area contributed by atoms with Gasteiger partial charge in [-0.15, -0.1) is 0 Å². The lowest BCUT2D eigenvalue weighted by Crippen LogP contribution is -2.35. The summed E-state index contributed by atoms with van der Waals surface area (Å²) in [4.78, 5) is 4.17. The molecule has 0 aliphatic carbocycles. The minimum absolute atomic E-state index is 0.156. The van der Waals surface area contributed by atoms with Crippen LogP contribution in [0, 0.1) is 5.92 Å². The van der Waals surface area contributed by atoms with Crippen molar-refractivity contribution in [3.63, 3.8) is 0 Å². The molecule has 2 fully saturated rings. The fraction of sp³-hybridized carbons (Fsp3) is 0.615. The zero-order chi connectivity index (χ0) is 13.3. The average Bonchev–Trinajstić information content (AvgIpc) is 2.99. The highest BCUT2D eigenvalue weighted by molar-refractivity contribution is 7.89. The molecule has 1 aromatic rings. The number of rotatable bonds is 4. The molecule has 3 heterocycles. The Bertz CT molecular complexity index is 520. The molecule has 2 aliphatic heterocycles. The normalized spacial score (nSPS) is 27.6. The number of aromatic nitrogens is 1. The van der Waals surface area contributed by atoms with E-state index in [-0.39, 0.29) is 5.75 Å². The Kier molecular flexibility index (Phi) is 3.56. The van der Waals surface area contributed by atoms with E-state index in [9.17, 15) is 8.42 Å². The van der Waals surface area contributed by atoms with Gasteiger partial charge >= 0.3 is 0 Å². The SMILES string of the molecule is O=S(=O)(CCc1ccccn1)N1C[C@@H]2CCN[C@@H]2C1. The van der Waals surface area contributed by atoms with Crippen LogP contribution in [-0.2, 0) is 16.4 Å². The van der Waals surface area contributed by atoms with Crippen LogP contribution in [0.15, 0.2) is 24.4 Å². The molecule has 3 rings (SSSR count). The van der Waals surface area contributed by atoms with E-state index in [2.05, 4.69) is 10.3 Å². The molecule has 0 unspecified atom stereocenters. The molecule has 6 heteroatoms.